The number of rotatable bonds is 4. The number of nitrogen functional groups attached to an aromatic ring is 1. The van der Waals surface area contributed by atoms with Crippen molar-refractivity contribution in [2.75, 3.05) is 11.1 Å². The van der Waals surface area contributed by atoms with E-state index in [9.17, 15) is 9.59 Å². The SMILES string of the molecule is CC(=O)CCC(=O)Nc1ncc(N)s1. The van der Waals surface area contributed by atoms with Gasteiger partial charge < -0.3 is 15.8 Å². The Morgan fingerprint density at radius 1 is 1.57 bits per heavy atom. The average molecular weight is 213 g/mol. The number of amides is 1. The summed E-state index contributed by atoms with van der Waals surface area (Å²) in [5.41, 5.74) is 5.43. The molecule has 0 saturated carbocycles. The standard InChI is InChI=1S/C8H11N3O2S/c1-5(12)2-3-7(13)11-8-10-4-6(9)14-8/h4H,2-3,9H2,1H3,(H,10,11,13). The first-order chi connectivity index (χ1) is 6.58. The van der Waals surface area contributed by atoms with Crippen LogP contribution >= 0.6 is 11.3 Å². The van der Waals surface area contributed by atoms with Crippen LogP contribution in [0.5, 0.6) is 0 Å². The van der Waals surface area contributed by atoms with Crippen molar-refractivity contribution >= 4 is 33.2 Å². The summed E-state index contributed by atoms with van der Waals surface area (Å²) in [4.78, 5) is 25.6. The van der Waals surface area contributed by atoms with Gasteiger partial charge in [-0.05, 0) is 6.92 Å². The third-order valence-electron chi connectivity index (χ3n) is 1.47. The Bertz CT molecular complexity index is 348. The first-order valence-electron chi connectivity index (χ1n) is 4.08. The number of anilines is 2. The minimum absolute atomic E-state index is 0.00111. The van der Waals surface area contributed by atoms with Crippen molar-refractivity contribution in [1.29, 1.82) is 0 Å². The Kier molecular flexibility index (Phi) is 3.58. The summed E-state index contributed by atoms with van der Waals surface area (Å²) in [6.07, 6.45) is 1.92. The Morgan fingerprint density at radius 2 is 2.29 bits per heavy atom. The lowest BCUT2D eigenvalue weighted by atomic mass is 10.2. The third kappa shape index (κ3) is 3.53. The molecule has 0 aliphatic rings. The maximum atomic E-state index is 11.2. The fourth-order valence-electron chi connectivity index (χ4n) is 0.816. The number of Topliss-reactive ketones (excluding diaryl/α,β-unsaturated/α-hetero) is 1. The van der Waals surface area contributed by atoms with Crippen LogP contribution in [-0.2, 0) is 9.59 Å². The smallest absolute Gasteiger partial charge is 0.226 e. The van der Waals surface area contributed by atoms with Crippen molar-refractivity contribution in [3.63, 3.8) is 0 Å². The molecule has 0 bridgehead atoms. The zero-order valence-electron chi connectivity index (χ0n) is 7.74. The topological polar surface area (TPSA) is 85.1 Å². The van der Waals surface area contributed by atoms with Crippen LogP contribution in [0.4, 0.5) is 10.1 Å². The quantitative estimate of drug-likeness (QED) is 0.782. The summed E-state index contributed by atoms with van der Waals surface area (Å²) in [7, 11) is 0. The number of carbonyl (C=O) groups is 2. The van der Waals surface area contributed by atoms with E-state index in [1.165, 1.54) is 24.5 Å². The molecule has 3 N–H and O–H groups in total. The van der Waals surface area contributed by atoms with Crippen LogP contribution in [-0.4, -0.2) is 16.7 Å². The van der Waals surface area contributed by atoms with Crippen molar-refractivity contribution < 1.29 is 9.59 Å². The third-order valence-corrected chi connectivity index (χ3v) is 2.22. The summed E-state index contributed by atoms with van der Waals surface area (Å²) in [5.74, 6) is -0.214. The van der Waals surface area contributed by atoms with Gasteiger partial charge in [-0.3, -0.25) is 4.79 Å². The molecule has 14 heavy (non-hydrogen) atoms. The molecule has 0 saturated heterocycles. The van der Waals surface area contributed by atoms with E-state index in [0.29, 0.717) is 10.1 Å². The molecular formula is C8H11N3O2S. The molecule has 0 radical (unpaired) electrons. The van der Waals surface area contributed by atoms with E-state index in [0.717, 1.165) is 0 Å². The van der Waals surface area contributed by atoms with Crippen LogP contribution < -0.4 is 11.1 Å². The van der Waals surface area contributed by atoms with Crippen molar-refractivity contribution in [2.45, 2.75) is 19.8 Å². The number of carbonyl (C=O) groups excluding carboxylic acids is 2. The van der Waals surface area contributed by atoms with Crippen LogP contribution in [0.2, 0.25) is 0 Å². The lowest BCUT2D eigenvalue weighted by Gasteiger charge is -1.98. The van der Waals surface area contributed by atoms with Gasteiger partial charge in [-0.15, -0.1) is 0 Å². The second-order valence-corrected chi connectivity index (χ2v) is 3.88. The van der Waals surface area contributed by atoms with E-state index in [4.69, 9.17) is 5.73 Å². The van der Waals surface area contributed by atoms with Crippen molar-refractivity contribution in [2.24, 2.45) is 0 Å². The molecule has 1 rings (SSSR count). The van der Waals surface area contributed by atoms with Gasteiger partial charge >= 0.3 is 0 Å². The zero-order chi connectivity index (χ0) is 10.6. The van der Waals surface area contributed by atoms with E-state index in [-0.39, 0.29) is 24.5 Å². The number of ketones is 1. The first-order valence-corrected chi connectivity index (χ1v) is 4.90. The Labute approximate surface area is 85.3 Å². The van der Waals surface area contributed by atoms with Crippen LogP contribution in [0.3, 0.4) is 0 Å². The Hall–Kier alpha value is -1.43. The molecule has 1 heterocycles. The number of nitrogens with zero attached hydrogens (tertiary/aromatic N) is 1. The molecule has 0 fully saturated rings. The van der Waals surface area contributed by atoms with Crippen molar-refractivity contribution in [1.82, 2.24) is 4.98 Å². The Balaban J connectivity index is 2.37. The lowest BCUT2D eigenvalue weighted by molar-refractivity contribution is -0.121. The molecular weight excluding hydrogens is 202 g/mol. The number of nitrogens with one attached hydrogen (secondary N) is 1. The van der Waals surface area contributed by atoms with E-state index in [1.807, 2.05) is 0 Å². The van der Waals surface area contributed by atoms with Crippen LogP contribution in [0.1, 0.15) is 19.8 Å². The summed E-state index contributed by atoms with van der Waals surface area (Å²) in [5, 5.41) is 3.57. The van der Waals surface area contributed by atoms with Gasteiger partial charge in [-0.2, -0.15) is 0 Å². The maximum Gasteiger partial charge on any atom is 0.226 e. The average Bonchev–Trinajstić information content (AvgIpc) is 2.48. The minimum atomic E-state index is -0.213. The highest BCUT2D eigenvalue weighted by Crippen LogP contribution is 2.19. The van der Waals surface area contributed by atoms with Gasteiger partial charge in [0, 0.05) is 12.8 Å². The zero-order valence-corrected chi connectivity index (χ0v) is 8.56. The van der Waals surface area contributed by atoms with Gasteiger partial charge in [0.05, 0.1) is 6.20 Å². The van der Waals surface area contributed by atoms with E-state index in [1.54, 1.807) is 0 Å². The Morgan fingerprint density at radius 3 is 2.79 bits per heavy atom. The summed E-state index contributed by atoms with van der Waals surface area (Å²) < 4.78 is 0. The molecule has 1 aromatic heterocycles. The molecule has 0 spiro atoms. The number of thiazole rings is 1. The summed E-state index contributed by atoms with van der Waals surface area (Å²) in [6, 6.07) is 0. The number of hydrogen-bond donors (Lipinski definition) is 2. The second kappa shape index (κ2) is 4.71. The molecule has 0 aliphatic heterocycles. The highest BCUT2D eigenvalue weighted by atomic mass is 32.1. The van der Waals surface area contributed by atoms with Gasteiger partial charge in [0.2, 0.25) is 5.91 Å². The summed E-state index contributed by atoms with van der Waals surface area (Å²) in [6.45, 7) is 1.45. The molecule has 76 valence electrons. The number of hydrogen-bond acceptors (Lipinski definition) is 5. The van der Waals surface area contributed by atoms with Crippen molar-refractivity contribution in [3.8, 4) is 0 Å². The van der Waals surface area contributed by atoms with Gasteiger partial charge in [0.25, 0.3) is 0 Å². The molecule has 1 aromatic rings. The molecule has 1 amide bonds. The highest BCUT2D eigenvalue weighted by molar-refractivity contribution is 7.19. The van der Waals surface area contributed by atoms with Gasteiger partial charge in [0.15, 0.2) is 5.13 Å². The van der Waals surface area contributed by atoms with Crippen LogP contribution in [0.25, 0.3) is 0 Å². The fourth-order valence-corrected chi connectivity index (χ4v) is 1.41. The molecule has 0 unspecified atom stereocenters. The van der Waals surface area contributed by atoms with E-state index >= 15 is 0 Å². The van der Waals surface area contributed by atoms with Gasteiger partial charge in [-0.25, -0.2) is 4.98 Å². The largest absolute Gasteiger partial charge is 0.389 e. The number of nitrogens with two attached hydrogens (primary N) is 1. The number of aromatic nitrogens is 1. The van der Waals surface area contributed by atoms with Gasteiger partial charge in [-0.1, -0.05) is 11.3 Å². The first kappa shape index (κ1) is 10.6. The van der Waals surface area contributed by atoms with Crippen molar-refractivity contribution in [3.05, 3.63) is 6.20 Å². The maximum absolute atomic E-state index is 11.2. The fraction of sp³-hybridized carbons (Fsp3) is 0.375. The molecule has 0 aliphatic carbocycles. The molecule has 0 aromatic carbocycles. The second-order valence-electron chi connectivity index (χ2n) is 2.82. The lowest BCUT2D eigenvalue weighted by Crippen LogP contribution is -2.12. The predicted octanol–water partition coefficient (Wildman–Crippen LogP) is 1.03. The molecule has 6 heteroatoms. The van der Waals surface area contributed by atoms with E-state index < -0.39 is 0 Å². The minimum Gasteiger partial charge on any atom is -0.389 e. The van der Waals surface area contributed by atoms with E-state index in [2.05, 4.69) is 10.3 Å². The summed E-state index contributed by atoms with van der Waals surface area (Å²) >= 11 is 1.20. The molecule has 0 atom stereocenters. The predicted molar refractivity (Wildman–Crippen MR) is 55.1 cm³/mol. The normalized spacial score (nSPS) is 9.79. The molecule has 5 nitrogen and oxygen atoms in total. The van der Waals surface area contributed by atoms with Gasteiger partial charge in [0.1, 0.15) is 10.8 Å². The highest BCUT2D eigenvalue weighted by Gasteiger charge is 2.06. The van der Waals surface area contributed by atoms with Crippen LogP contribution in [0, 0.1) is 0 Å². The monoisotopic (exact) mass is 213 g/mol. The van der Waals surface area contributed by atoms with Crippen LogP contribution in [0.15, 0.2) is 6.20 Å².